The normalized spacial score (nSPS) is 17.6. The van der Waals surface area contributed by atoms with Crippen molar-refractivity contribution in [2.45, 2.75) is 12.6 Å². The van der Waals surface area contributed by atoms with Crippen molar-refractivity contribution in [1.82, 2.24) is 9.36 Å². The first kappa shape index (κ1) is 11.8. The van der Waals surface area contributed by atoms with Gasteiger partial charge in [0.15, 0.2) is 6.04 Å². The molecule has 0 fully saturated rings. The highest BCUT2D eigenvalue weighted by atomic mass is 79.9. The molecule has 1 aliphatic heterocycles. The summed E-state index contributed by atoms with van der Waals surface area (Å²) in [5.41, 5.74) is -0.793. The first-order valence-corrected chi connectivity index (χ1v) is 5.62. The largest absolute Gasteiger partial charge is 0.467 e. The smallest absolute Gasteiger partial charge is 0.334 e. The molecular formula is C10H9BrN2O4. The van der Waals surface area contributed by atoms with Crippen LogP contribution in [0.3, 0.4) is 0 Å². The Hall–Kier alpha value is -1.63. The van der Waals surface area contributed by atoms with E-state index in [1.54, 1.807) is 12.2 Å². The number of fused-ring (bicyclic) bond motifs is 1. The molecule has 90 valence electrons. The minimum atomic E-state index is -0.887. The van der Waals surface area contributed by atoms with E-state index in [-0.39, 0.29) is 16.6 Å². The average molecular weight is 301 g/mol. The summed E-state index contributed by atoms with van der Waals surface area (Å²) in [6.07, 6.45) is 3.19. The molecule has 1 aliphatic rings. The molecule has 2 rings (SSSR count). The van der Waals surface area contributed by atoms with Crippen molar-refractivity contribution in [2.75, 3.05) is 7.11 Å². The molecule has 2 heterocycles. The Kier molecular flexibility index (Phi) is 3.01. The van der Waals surface area contributed by atoms with E-state index in [9.17, 15) is 14.4 Å². The maximum absolute atomic E-state index is 11.8. The van der Waals surface area contributed by atoms with Crippen molar-refractivity contribution in [2.24, 2.45) is 0 Å². The number of allylic oxidation sites excluding steroid dienone is 1. The molecule has 0 saturated carbocycles. The van der Waals surface area contributed by atoms with Crippen molar-refractivity contribution < 1.29 is 9.53 Å². The maximum Gasteiger partial charge on any atom is 0.334 e. The molecule has 1 aromatic heterocycles. The number of carbonyl (C=O) groups excluding carboxylic acids is 1. The highest BCUT2D eigenvalue weighted by Crippen LogP contribution is 2.12. The summed E-state index contributed by atoms with van der Waals surface area (Å²) in [4.78, 5) is 35.1. The van der Waals surface area contributed by atoms with Gasteiger partial charge >= 0.3 is 5.97 Å². The molecule has 0 aliphatic carbocycles. The van der Waals surface area contributed by atoms with E-state index in [0.29, 0.717) is 0 Å². The van der Waals surface area contributed by atoms with Crippen LogP contribution in [-0.2, 0) is 16.1 Å². The summed E-state index contributed by atoms with van der Waals surface area (Å²) in [5.74, 6) is -0.585. The minimum absolute atomic E-state index is 0.178. The van der Waals surface area contributed by atoms with Crippen molar-refractivity contribution in [3.8, 4) is 0 Å². The topological polar surface area (TPSA) is 70.3 Å². The summed E-state index contributed by atoms with van der Waals surface area (Å²) in [6, 6.07) is 0.260. The third-order valence-corrected chi connectivity index (χ3v) is 3.05. The van der Waals surface area contributed by atoms with Crippen molar-refractivity contribution in [3.05, 3.63) is 43.4 Å². The van der Waals surface area contributed by atoms with Crippen LogP contribution in [0.15, 0.2) is 32.3 Å². The van der Waals surface area contributed by atoms with Gasteiger partial charge in [0, 0.05) is 6.07 Å². The van der Waals surface area contributed by atoms with Crippen molar-refractivity contribution in [3.63, 3.8) is 0 Å². The summed E-state index contributed by atoms with van der Waals surface area (Å²) < 4.78 is 7.07. The van der Waals surface area contributed by atoms with Crippen molar-refractivity contribution in [1.29, 1.82) is 0 Å². The fraction of sp³-hybridized carbons (Fsp3) is 0.300. The summed E-state index contributed by atoms with van der Waals surface area (Å²) in [7, 11) is 1.23. The third-order valence-electron chi connectivity index (χ3n) is 2.48. The van der Waals surface area contributed by atoms with E-state index in [2.05, 4.69) is 20.7 Å². The predicted molar refractivity (Wildman–Crippen MR) is 62.9 cm³/mol. The van der Waals surface area contributed by atoms with E-state index in [4.69, 9.17) is 0 Å². The van der Waals surface area contributed by atoms with Gasteiger partial charge in [-0.25, -0.2) is 14.2 Å². The highest BCUT2D eigenvalue weighted by Gasteiger charge is 2.25. The van der Waals surface area contributed by atoms with E-state index >= 15 is 0 Å². The van der Waals surface area contributed by atoms with Crippen LogP contribution in [0, 0.1) is 0 Å². The van der Waals surface area contributed by atoms with E-state index < -0.39 is 17.6 Å². The standard InChI is InChI=1S/C10H9BrN2O4/c1-17-10(16)7-3-2-4-12-9(15)6(11)5-8(14)13(7)12/h2-3,5,7H,4H2,1H3. The molecule has 0 N–H and O–H groups in total. The van der Waals surface area contributed by atoms with Crippen LogP contribution < -0.4 is 11.1 Å². The van der Waals surface area contributed by atoms with Gasteiger partial charge in [-0.15, -0.1) is 0 Å². The highest BCUT2D eigenvalue weighted by molar-refractivity contribution is 9.10. The Bertz CT molecular complexity index is 614. The lowest BCUT2D eigenvalue weighted by atomic mass is 10.2. The van der Waals surface area contributed by atoms with Gasteiger partial charge in [0.2, 0.25) is 0 Å². The molecule has 0 spiro atoms. The summed E-state index contributed by atoms with van der Waals surface area (Å²) >= 11 is 3.01. The number of hydrogen-bond acceptors (Lipinski definition) is 4. The lowest BCUT2D eigenvalue weighted by Gasteiger charge is -2.22. The lowest BCUT2D eigenvalue weighted by Crippen LogP contribution is -2.44. The predicted octanol–water partition coefficient (Wildman–Crippen LogP) is 0.0564. The Balaban J connectivity index is 2.71. The number of methoxy groups -OCH3 is 1. The lowest BCUT2D eigenvalue weighted by molar-refractivity contribution is -0.143. The van der Waals surface area contributed by atoms with Crippen molar-refractivity contribution >= 4 is 21.9 Å². The molecule has 0 radical (unpaired) electrons. The molecule has 6 nitrogen and oxygen atoms in total. The minimum Gasteiger partial charge on any atom is -0.467 e. The van der Waals surface area contributed by atoms with Gasteiger partial charge in [-0.3, -0.25) is 9.59 Å². The van der Waals surface area contributed by atoms with Gasteiger partial charge in [0.1, 0.15) is 0 Å². The number of carbonyl (C=O) groups is 1. The summed E-state index contributed by atoms with van der Waals surface area (Å²) in [6.45, 7) is 0.251. The maximum atomic E-state index is 11.8. The molecule has 1 atom stereocenters. The first-order chi connectivity index (χ1) is 8.06. The van der Waals surface area contributed by atoms with E-state index in [0.717, 1.165) is 10.7 Å². The van der Waals surface area contributed by atoms with Gasteiger partial charge < -0.3 is 4.74 Å². The second kappa shape index (κ2) is 4.33. The van der Waals surface area contributed by atoms with E-state index in [1.807, 2.05) is 0 Å². The van der Waals surface area contributed by atoms with Gasteiger partial charge in [-0.2, -0.15) is 0 Å². The Morgan fingerprint density at radius 2 is 2.24 bits per heavy atom. The zero-order chi connectivity index (χ0) is 12.6. The second-order valence-electron chi connectivity index (χ2n) is 3.46. The van der Waals surface area contributed by atoms with Gasteiger partial charge in [-0.05, 0) is 15.9 Å². The molecule has 0 aromatic carbocycles. The fourth-order valence-electron chi connectivity index (χ4n) is 1.70. The number of aromatic nitrogens is 2. The van der Waals surface area contributed by atoms with Gasteiger partial charge in [0.25, 0.3) is 11.1 Å². The third kappa shape index (κ3) is 1.86. The van der Waals surface area contributed by atoms with Crippen LogP contribution in [0.25, 0.3) is 0 Å². The first-order valence-electron chi connectivity index (χ1n) is 4.83. The molecule has 1 unspecified atom stereocenters. The molecule has 1 aromatic rings. The number of esters is 1. The van der Waals surface area contributed by atoms with Crippen LogP contribution in [0.2, 0.25) is 0 Å². The van der Waals surface area contributed by atoms with E-state index in [1.165, 1.54) is 11.8 Å². The van der Waals surface area contributed by atoms with Crippen LogP contribution in [-0.4, -0.2) is 22.4 Å². The quantitative estimate of drug-likeness (QED) is 0.543. The Morgan fingerprint density at radius 3 is 2.88 bits per heavy atom. The average Bonchev–Trinajstić information content (AvgIpc) is 2.34. The van der Waals surface area contributed by atoms with Crippen LogP contribution in [0.4, 0.5) is 0 Å². The molecular weight excluding hydrogens is 292 g/mol. The number of ether oxygens (including phenoxy) is 1. The molecule has 0 saturated heterocycles. The number of nitrogens with zero attached hydrogens (tertiary/aromatic N) is 2. The fourth-order valence-corrected chi connectivity index (χ4v) is 2.11. The van der Waals surface area contributed by atoms with Crippen LogP contribution in [0.5, 0.6) is 0 Å². The summed E-state index contributed by atoms with van der Waals surface area (Å²) in [5, 5.41) is 0. The molecule has 7 heteroatoms. The Morgan fingerprint density at radius 1 is 1.53 bits per heavy atom. The second-order valence-corrected chi connectivity index (χ2v) is 4.31. The monoisotopic (exact) mass is 300 g/mol. The van der Waals surface area contributed by atoms with Crippen LogP contribution >= 0.6 is 15.9 Å². The zero-order valence-electron chi connectivity index (χ0n) is 8.92. The molecule has 0 amide bonds. The number of halogens is 1. The van der Waals surface area contributed by atoms with Gasteiger partial charge in [0.05, 0.1) is 18.1 Å². The molecule has 17 heavy (non-hydrogen) atoms. The Labute approximate surface area is 104 Å². The molecule has 0 bridgehead atoms. The van der Waals surface area contributed by atoms with Gasteiger partial charge in [-0.1, -0.05) is 12.2 Å². The number of hydrogen-bond donors (Lipinski definition) is 0. The van der Waals surface area contributed by atoms with Crippen LogP contribution in [0.1, 0.15) is 6.04 Å². The zero-order valence-corrected chi connectivity index (χ0v) is 10.5. The number of rotatable bonds is 1. The SMILES string of the molecule is COC(=O)C1C=CCn2c(=O)c(Br)cc(=O)n21.